The number of carbonyl (C=O) groups excluding carboxylic acids is 3. The van der Waals surface area contributed by atoms with E-state index in [1.54, 1.807) is 42.0 Å². The third-order valence-corrected chi connectivity index (χ3v) is 5.88. The SMILES string of the molecule is C/C=C(NC)\C(F)=C/C(C)N1CCCCCC1=O.C=O.CC.O=C(Nc1ccc(Cl)cn1)N1CCCC1. The number of likely N-dealkylation sites (tertiary alicyclic amines) is 2. The molecule has 2 fully saturated rings. The summed E-state index contributed by atoms with van der Waals surface area (Å²) in [7, 11) is 1.69. The van der Waals surface area contributed by atoms with Crippen LogP contribution in [0.25, 0.3) is 0 Å². The van der Waals surface area contributed by atoms with Crippen LogP contribution in [0.4, 0.5) is 15.0 Å². The van der Waals surface area contributed by atoms with Crippen LogP contribution in [0.15, 0.2) is 42.0 Å². The van der Waals surface area contributed by atoms with Crippen molar-refractivity contribution in [2.45, 2.75) is 72.3 Å². The minimum Gasteiger partial charge on any atom is -0.386 e. The molecule has 1 atom stereocenters. The van der Waals surface area contributed by atoms with Gasteiger partial charge in [-0.05, 0) is 57.7 Å². The summed E-state index contributed by atoms with van der Waals surface area (Å²) in [5, 5.41) is 6.09. The van der Waals surface area contributed by atoms with E-state index in [9.17, 15) is 14.0 Å². The topological polar surface area (TPSA) is 94.6 Å². The highest BCUT2D eigenvalue weighted by atomic mass is 35.5. The number of pyridine rings is 1. The van der Waals surface area contributed by atoms with E-state index in [2.05, 4.69) is 15.6 Å². The molecule has 3 amide bonds. The number of hydrogen-bond acceptors (Lipinski definition) is 5. The summed E-state index contributed by atoms with van der Waals surface area (Å²) in [6.07, 6.45) is 10.5. The molecule has 2 saturated heterocycles. The van der Waals surface area contributed by atoms with Crippen LogP contribution in [-0.4, -0.2) is 66.2 Å². The second kappa shape index (κ2) is 20.2. The smallest absolute Gasteiger partial charge is 0.323 e. The standard InChI is InChI=1S/C14H23FN2O.C10H12ClN3O.C2H6.CH2O/c1-4-13(16-3)12(15)10-11(2)17-9-7-5-6-8-14(17)18;11-8-3-4-9(12-7-8)13-10(15)14-5-1-2-6-14;2*1-2/h4,10-11,16H,5-9H2,1-3H3;3-4,7H,1-2,5-6H2,(H,12,13,15);1-2H3;1H2/b12-10+,13-4+;;;. The number of amides is 3. The van der Waals surface area contributed by atoms with Crippen molar-refractivity contribution in [2.75, 3.05) is 32.0 Å². The van der Waals surface area contributed by atoms with E-state index in [1.807, 2.05) is 27.6 Å². The Morgan fingerprint density at radius 1 is 1.14 bits per heavy atom. The number of anilines is 1. The van der Waals surface area contributed by atoms with E-state index in [1.165, 1.54) is 12.3 Å². The van der Waals surface area contributed by atoms with Crippen molar-refractivity contribution < 1.29 is 18.8 Å². The lowest BCUT2D eigenvalue weighted by atomic mass is 10.2. The van der Waals surface area contributed by atoms with Gasteiger partial charge in [0.1, 0.15) is 18.4 Å². The summed E-state index contributed by atoms with van der Waals surface area (Å²) in [4.78, 5) is 39.1. The molecule has 3 heterocycles. The molecule has 1 aromatic rings. The average molecular weight is 540 g/mol. The molecular weight excluding hydrogens is 497 g/mol. The number of nitrogens with zero attached hydrogens (tertiary/aromatic N) is 3. The van der Waals surface area contributed by atoms with Crippen LogP contribution in [0.3, 0.4) is 0 Å². The van der Waals surface area contributed by atoms with Crippen LogP contribution in [0, 0.1) is 0 Å². The van der Waals surface area contributed by atoms with E-state index >= 15 is 0 Å². The van der Waals surface area contributed by atoms with Gasteiger partial charge in [-0.3, -0.25) is 10.1 Å². The van der Waals surface area contributed by atoms with Gasteiger partial charge in [0.15, 0.2) is 0 Å². The van der Waals surface area contributed by atoms with Gasteiger partial charge in [-0.15, -0.1) is 0 Å². The summed E-state index contributed by atoms with van der Waals surface area (Å²) in [5.74, 6) is 0.372. The molecule has 0 saturated carbocycles. The fourth-order valence-corrected chi connectivity index (χ4v) is 3.90. The van der Waals surface area contributed by atoms with Crippen molar-refractivity contribution in [1.29, 1.82) is 0 Å². The molecule has 1 aromatic heterocycles. The Balaban J connectivity index is 0.000000623. The molecule has 37 heavy (non-hydrogen) atoms. The summed E-state index contributed by atoms with van der Waals surface area (Å²) < 4.78 is 13.9. The Bertz CT molecular complexity index is 858. The van der Waals surface area contributed by atoms with E-state index in [4.69, 9.17) is 16.4 Å². The molecule has 0 radical (unpaired) electrons. The predicted octanol–water partition coefficient (Wildman–Crippen LogP) is 5.96. The predicted molar refractivity (Wildman–Crippen MR) is 149 cm³/mol. The number of rotatable bonds is 5. The van der Waals surface area contributed by atoms with Gasteiger partial charge in [0.25, 0.3) is 0 Å². The first-order valence-corrected chi connectivity index (χ1v) is 13.2. The Hall–Kier alpha value is -2.94. The van der Waals surface area contributed by atoms with Crippen molar-refractivity contribution in [3.63, 3.8) is 0 Å². The van der Waals surface area contributed by atoms with Gasteiger partial charge in [0, 0.05) is 39.3 Å². The molecule has 0 bridgehead atoms. The summed E-state index contributed by atoms with van der Waals surface area (Å²) >= 11 is 5.69. The van der Waals surface area contributed by atoms with E-state index in [0.717, 1.165) is 51.7 Å². The van der Waals surface area contributed by atoms with Crippen molar-refractivity contribution in [3.8, 4) is 0 Å². The molecule has 0 aliphatic carbocycles. The normalized spacial score (nSPS) is 16.6. The molecule has 8 nitrogen and oxygen atoms in total. The van der Waals surface area contributed by atoms with Crippen molar-refractivity contribution >= 4 is 36.1 Å². The molecule has 2 aliphatic rings. The lowest BCUT2D eigenvalue weighted by molar-refractivity contribution is -0.131. The number of carbonyl (C=O) groups is 3. The summed E-state index contributed by atoms with van der Waals surface area (Å²) in [5.41, 5.74) is 0.462. The van der Waals surface area contributed by atoms with Gasteiger partial charge in [-0.1, -0.05) is 37.9 Å². The van der Waals surface area contributed by atoms with Gasteiger partial charge in [0.05, 0.1) is 16.8 Å². The maximum atomic E-state index is 13.9. The van der Waals surface area contributed by atoms with Crippen LogP contribution in [0.5, 0.6) is 0 Å². The molecule has 0 aromatic carbocycles. The van der Waals surface area contributed by atoms with Crippen molar-refractivity contribution in [2.24, 2.45) is 0 Å². The van der Waals surface area contributed by atoms with E-state index in [0.29, 0.717) is 23.0 Å². The van der Waals surface area contributed by atoms with Crippen molar-refractivity contribution in [3.05, 3.63) is 47.0 Å². The Labute approximate surface area is 226 Å². The molecule has 2 aliphatic heterocycles. The first-order chi connectivity index (χ1) is 17.8. The zero-order valence-electron chi connectivity index (χ0n) is 22.9. The number of hydrogen-bond donors (Lipinski definition) is 2. The minimum atomic E-state index is -0.301. The second-order valence-electron chi connectivity index (χ2n) is 8.09. The minimum absolute atomic E-state index is 0.0812. The fraction of sp³-hybridized carbons (Fsp3) is 0.556. The maximum Gasteiger partial charge on any atom is 0.323 e. The van der Waals surface area contributed by atoms with Gasteiger partial charge >= 0.3 is 6.03 Å². The largest absolute Gasteiger partial charge is 0.386 e. The molecule has 10 heteroatoms. The number of halogens is 2. The van der Waals surface area contributed by atoms with E-state index < -0.39 is 0 Å². The Morgan fingerprint density at radius 3 is 2.30 bits per heavy atom. The molecule has 208 valence electrons. The van der Waals surface area contributed by atoms with Crippen molar-refractivity contribution in [1.82, 2.24) is 20.1 Å². The highest BCUT2D eigenvalue weighted by molar-refractivity contribution is 6.30. The molecule has 1 unspecified atom stereocenters. The zero-order valence-corrected chi connectivity index (χ0v) is 23.6. The molecular formula is C27H43ClFN5O3. The quantitative estimate of drug-likeness (QED) is 0.450. The van der Waals surface area contributed by atoms with Gasteiger partial charge in [0.2, 0.25) is 5.91 Å². The van der Waals surface area contributed by atoms with Gasteiger partial charge < -0.3 is 19.9 Å². The van der Waals surface area contributed by atoms with Crippen LogP contribution >= 0.6 is 11.6 Å². The van der Waals surface area contributed by atoms with Gasteiger partial charge in [-0.25, -0.2) is 14.2 Å². The number of aromatic nitrogens is 1. The third-order valence-electron chi connectivity index (χ3n) is 5.66. The van der Waals surface area contributed by atoms with Crippen LogP contribution < -0.4 is 10.6 Å². The number of allylic oxidation sites excluding steroid dienone is 2. The Morgan fingerprint density at radius 2 is 1.76 bits per heavy atom. The highest BCUT2D eigenvalue weighted by Crippen LogP contribution is 2.17. The van der Waals surface area contributed by atoms with Gasteiger partial charge in [-0.2, -0.15) is 0 Å². The van der Waals surface area contributed by atoms with Crippen LogP contribution in [0.2, 0.25) is 5.02 Å². The summed E-state index contributed by atoms with van der Waals surface area (Å²) in [6, 6.07) is 3.12. The first kappa shape index (κ1) is 34.1. The summed E-state index contributed by atoms with van der Waals surface area (Å²) in [6.45, 7) is 12.0. The fourth-order valence-electron chi connectivity index (χ4n) is 3.79. The molecule has 0 spiro atoms. The van der Waals surface area contributed by atoms with Crippen LogP contribution in [0.1, 0.15) is 66.2 Å². The zero-order chi connectivity index (χ0) is 28.2. The monoisotopic (exact) mass is 539 g/mol. The third kappa shape index (κ3) is 12.7. The second-order valence-corrected chi connectivity index (χ2v) is 8.53. The van der Waals surface area contributed by atoms with E-state index in [-0.39, 0.29) is 23.8 Å². The average Bonchev–Trinajstić information content (AvgIpc) is 3.37. The number of likely N-dealkylation sites (N-methyl/N-ethyl adjacent to an activating group) is 1. The lowest BCUT2D eigenvalue weighted by Crippen LogP contribution is -2.37. The number of urea groups is 1. The van der Waals surface area contributed by atoms with Crippen LogP contribution in [-0.2, 0) is 9.59 Å². The number of nitrogens with one attached hydrogen (secondary N) is 2. The maximum absolute atomic E-state index is 13.9. The first-order valence-electron chi connectivity index (χ1n) is 12.8. The molecule has 2 N–H and O–H groups in total. The lowest BCUT2D eigenvalue weighted by Gasteiger charge is -2.26. The Kier molecular flexibility index (Phi) is 18.6. The molecule has 3 rings (SSSR count). The highest BCUT2D eigenvalue weighted by Gasteiger charge is 2.21.